The summed E-state index contributed by atoms with van der Waals surface area (Å²) in [5, 5.41) is 12.1. The van der Waals surface area contributed by atoms with Crippen LogP contribution in [0.2, 0.25) is 0 Å². The number of fused-ring (bicyclic) bond motifs is 1. The van der Waals surface area contributed by atoms with Crippen LogP contribution in [-0.4, -0.2) is 38.1 Å². The number of benzene rings is 1. The summed E-state index contributed by atoms with van der Waals surface area (Å²) in [4.78, 5) is 16.6. The van der Waals surface area contributed by atoms with Gasteiger partial charge < -0.3 is 15.9 Å². The number of rotatable bonds is 7. The highest BCUT2D eigenvalue weighted by Crippen LogP contribution is 2.39. The summed E-state index contributed by atoms with van der Waals surface area (Å²) in [7, 11) is 0. The number of nitrogens with two attached hydrogens (primary N) is 1. The predicted molar refractivity (Wildman–Crippen MR) is 102 cm³/mol. The zero-order valence-corrected chi connectivity index (χ0v) is 15.8. The van der Waals surface area contributed by atoms with Crippen molar-refractivity contribution < 1.29 is 9.53 Å². The van der Waals surface area contributed by atoms with Gasteiger partial charge in [0.15, 0.2) is 11.0 Å². The number of hydrogen-bond acceptors (Lipinski definition) is 8. The Kier molecular flexibility index (Phi) is 4.68. The van der Waals surface area contributed by atoms with E-state index in [1.54, 1.807) is 0 Å². The van der Waals surface area contributed by atoms with Crippen molar-refractivity contribution in [2.75, 3.05) is 23.5 Å². The van der Waals surface area contributed by atoms with Crippen molar-refractivity contribution in [1.82, 2.24) is 19.9 Å². The molecule has 1 amide bonds. The van der Waals surface area contributed by atoms with E-state index < -0.39 is 0 Å². The third kappa shape index (κ3) is 3.61. The highest BCUT2D eigenvalue weighted by Gasteiger charge is 2.30. The maximum absolute atomic E-state index is 12.2. The Balaban J connectivity index is 1.37. The molecule has 0 saturated heterocycles. The molecule has 2 heterocycles. The molecule has 1 aliphatic carbocycles. The molecule has 1 aliphatic rings. The molecule has 2 aromatic heterocycles. The third-order valence-corrected chi connectivity index (χ3v) is 5.76. The topological polar surface area (TPSA) is 108 Å². The van der Waals surface area contributed by atoms with Gasteiger partial charge in [0, 0.05) is 5.92 Å². The number of hydrogen-bond donors (Lipinski definition) is 2. The minimum absolute atomic E-state index is 0.157. The van der Waals surface area contributed by atoms with Crippen LogP contribution in [0.15, 0.2) is 23.4 Å². The molecule has 3 aromatic rings. The van der Waals surface area contributed by atoms with Crippen LogP contribution in [0.25, 0.3) is 10.2 Å². The number of thioether (sulfide) groups is 1. The van der Waals surface area contributed by atoms with Gasteiger partial charge in [-0.1, -0.05) is 23.1 Å². The van der Waals surface area contributed by atoms with E-state index in [-0.39, 0.29) is 11.7 Å². The Bertz CT molecular complexity index is 950. The molecule has 1 aromatic carbocycles. The minimum Gasteiger partial charge on any atom is -0.494 e. The van der Waals surface area contributed by atoms with Crippen molar-refractivity contribution in [3.8, 4) is 5.75 Å². The van der Waals surface area contributed by atoms with Gasteiger partial charge in [0.1, 0.15) is 5.75 Å². The van der Waals surface area contributed by atoms with E-state index in [0.717, 1.165) is 34.6 Å². The second-order valence-corrected chi connectivity index (χ2v) is 7.88. The van der Waals surface area contributed by atoms with Crippen LogP contribution >= 0.6 is 23.1 Å². The smallest absolute Gasteiger partial charge is 0.236 e. The standard InChI is InChI=1S/C16H18N6O2S2/c1-2-24-10-5-6-11-12(7-10)26-15(18-11)19-13(23)8-25-16-21-20-14(22(16)17)9-3-4-9/h5-7,9H,2-4,8,17H2,1H3,(H,18,19,23). The van der Waals surface area contributed by atoms with Gasteiger partial charge in [0.2, 0.25) is 11.1 Å². The average Bonchev–Trinajstić information content (AvgIpc) is 3.28. The first-order valence-corrected chi connectivity index (χ1v) is 10.1. The van der Waals surface area contributed by atoms with Gasteiger partial charge >= 0.3 is 0 Å². The molecule has 0 unspecified atom stereocenters. The number of carbonyl (C=O) groups is 1. The third-order valence-electron chi connectivity index (χ3n) is 3.88. The Morgan fingerprint density at radius 1 is 1.46 bits per heavy atom. The average molecular weight is 390 g/mol. The van der Waals surface area contributed by atoms with Gasteiger partial charge in [-0.25, -0.2) is 9.66 Å². The van der Waals surface area contributed by atoms with Crippen LogP contribution in [0.3, 0.4) is 0 Å². The molecule has 136 valence electrons. The van der Waals surface area contributed by atoms with Gasteiger partial charge in [-0.15, -0.1) is 10.2 Å². The molecule has 10 heteroatoms. The molecular weight excluding hydrogens is 372 g/mol. The maximum Gasteiger partial charge on any atom is 0.236 e. The molecule has 26 heavy (non-hydrogen) atoms. The molecule has 0 spiro atoms. The number of ether oxygens (including phenoxy) is 1. The summed E-state index contributed by atoms with van der Waals surface area (Å²) >= 11 is 2.68. The lowest BCUT2D eigenvalue weighted by atomic mass is 10.3. The quantitative estimate of drug-likeness (QED) is 0.471. The fraction of sp³-hybridized carbons (Fsp3) is 0.375. The number of amides is 1. The molecule has 0 radical (unpaired) electrons. The summed E-state index contributed by atoms with van der Waals surface area (Å²) in [5.74, 6) is 8.04. The molecular formula is C16H18N6O2S2. The lowest BCUT2D eigenvalue weighted by Gasteiger charge is -2.02. The second-order valence-electron chi connectivity index (χ2n) is 5.90. The van der Waals surface area contributed by atoms with Crippen LogP contribution < -0.4 is 15.9 Å². The first-order chi connectivity index (χ1) is 12.6. The monoisotopic (exact) mass is 390 g/mol. The van der Waals surface area contributed by atoms with Crippen molar-refractivity contribution in [2.45, 2.75) is 30.8 Å². The molecule has 8 nitrogen and oxygen atoms in total. The summed E-state index contributed by atoms with van der Waals surface area (Å²) < 4.78 is 7.94. The zero-order valence-electron chi connectivity index (χ0n) is 14.1. The summed E-state index contributed by atoms with van der Waals surface area (Å²) in [6.07, 6.45) is 2.20. The van der Waals surface area contributed by atoms with Gasteiger partial charge in [0.05, 0.1) is 22.6 Å². The van der Waals surface area contributed by atoms with Crippen molar-refractivity contribution in [1.29, 1.82) is 0 Å². The van der Waals surface area contributed by atoms with E-state index >= 15 is 0 Å². The van der Waals surface area contributed by atoms with Crippen molar-refractivity contribution in [3.05, 3.63) is 24.0 Å². The maximum atomic E-state index is 12.2. The van der Waals surface area contributed by atoms with Crippen molar-refractivity contribution in [2.24, 2.45) is 0 Å². The first kappa shape index (κ1) is 17.1. The number of nitrogens with zero attached hydrogens (tertiary/aromatic N) is 4. The van der Waals surface area contributed by atoms with E-state index in [0.29, 0.717) is 22.8 Å². The minimum atomic E-state index is -0.157. The van der Waals surface area contributed by atoms with Crippen LogP contribution in [0, 0.1) is 0 Å². The molecule has 3 N–H and O–H groups in total. The predicted octanol–water partition coefficient (Wildman–Crippen LogP) is 2.61. The van der Waals surface area contributed by atoms with Gasteiger partial charge in [-0.2, -0.15) is 0 Å². The van der Waals surface area contributed by atoms with Crippen LogP contribution in [-0.2, 0) is 4.79 Å². The second kappa shape index (κ2) is 7.12. The van der Waals surface area contributed by atoms with Crippen LogP contribution in [0.1, 0.15) is 31.5 Å². The summed E-state index contributed by atoms with van der Waals surface area (Å²) in [6, 6.07) is 5.69. The summed E-state index contributed by atoms with van der Waals surface area (Å²) in [6.45, 7) is 2.55. The number of thiazole rings is 1. The van der Waals surface area contributed by atoms with E-state index in [1.165, 1.54) is 27.8 Å². The molecule has 0 bridgehead atoms. The normalized spacial score (nSPS) is 13.9. The molecule has 0 atom stereocenters. The SMILES string of the molecule is CCOc1ccc2nc(NC(=O)CSc3nnc(C4CC4)n3N)sc2c1. The van der Waals surface area contributed by atoms with E-state index in [2.05, 4.69) is 20.5 Å². The highest BCUT2D eigenvalue weighted by atomic mass is 32.2. The lowest BCUT2D eigenvalue weighted by Crippen LogP contribution is -2.17. The Labute approximate surface area is 158 Å². The number of aromatic nitrogens is 4. The van der Waals surface area contributed by atoms with Crippen molar-refractivity contribution >= 4 is 44.4 Å². The fourth-order valence-electron chi connectivity index (χ4n) is 2.51. The molecule has 4 rings (SSSR count). The van der Waals surface area contributed by atoms with Gasteiger partial charge in [-0.3, -0.25) is 4.79 Å². The van der Waals surface area contributed by atoms with Gasteiger partial charge in [0.25, 0.3) is 0 Å². The molecule has 1 saturated carbocycles. The Hall–Kier alpha value is -2.33. The zero-order chi connectivity index (χ0) is 18.1. The largest absolute Gasteiger partial charge is 0.494 e. The Morgan fingerprint density at radius 2 is 2.31 bits per heavy atom. The fourth-order valence-corrected chi connectivity index (χ4v) is 4.08. The number of carbonyl (C=O) groups excluding carboxylic acids is 1. The Morgan fingerprint density at radius 3 is 3.08 bits per heavy atom. The number of anilines is 1. The van der Waals surface area contributed by atoms with Gasteiger partial charge in [-0.05, 0) is 38.0 Å². The molecule has 1 fully saturated rings. The van der Waals surface area contributed by atoms with E-state index in [1.807, 2.05) is 25.1 Å². The van der Waals surface area contributed by atoms with E-state index in [4.69, 9.17) is 10.6 Å². The van der Waals surface area contributed by atoms with Crippen molar-refractivity contribution in [3.63, 3.8) is 0 Å². The molecule has 0 aliphatic heterocycles. The summed E-state index contributed by atoms with van der Waals surface area (Å²) in [5.41, 5.74) is 0.831. The first-order valence-electron chi connectivity index (χ1n) is 8.30. The lowest BCUT2D eigenvalue weighted by molar-refractivity contribution is -0.113. The number of nitrogen functional groups attached to an aromatic ring is 1. The van der Waals surface area contributed by atoms with E-state index in [9.17, 15) is 4.79 Å². The van der Waals surface area contributed by atoms with Crippen LogP contribution in [0.4, 0.5) is 5.13 Å². The van der Waals surface area contributed by atoms with Crippen LogP contribution in [0.5, 0.6) is 5.75 Å². The highest BCUT2D eigenvalue weighted by molar-refractivity contribution is 7.99. The number of nitrogens with one attached hydrogen (secondary N) is 1.